The van der Waals surface area contributed by atoms with Gasteiger partial charge in [0.1, 0.15) is 11.6 Å². The Bertz CT molecular complexity index is 620. The van der Waals surface area contributed by atoms with E-state index in [2.05, 4.69) is 5.32 Å². The first-order valence-electron chi connectivity index (χ1n) is 7.16. The number of aryl methyl sites for hydroxylation is 2. The van der Waals surface area contributed by atoms with Crippen molar-refractivity contribution in [1.82, 2.24) is 5.32 Å². The summed E-state index contributed by atoms with van der Waals surface area (Å²) in [6.45, 7) is 7.46. The number of halogens is 2. The third-order valence-electron chi connectivity index (χ3n) is 3.82. The second-order valence-corrected chi connectivity index (χ2v) is 5.64. The molecule has 112 valence electrons. The highest BCUT2D eigenvalue weighted by Crippen LogP contribution is 2.24. The molecule has 1 nitrogen and oxygen atoms in total. The summed E-state index contributed by atoms with van der Waals surface area (Å²) in [6, 6.07) is 10.5. The van der Waals surface area contributed by atoms with E-state index in [1.54, 1.807) is 6.92 Å². The lowest BCUT2D eigenvalue weighted by Gasteiger charge is -2.21. The predicted molar refractivity (Wildman–Crippen MR) is 82.2 cm³/mol. The van der Waals surface area contributed by atoms with Gasteiger partial charge in [0.25, 0.3) is 0 Å². The standard InChI is InChI=1S/C18H21F2N/c1-11-5-7-15(8-6-11)13(3)21-14(4)16-10-17(19)12(2)9-18(16)20/h5-10,13-14,21H,1-4H3/t13-,14?/m0/s1. The molecule has 0 spiro atoms. The van der Waals surface area contributed by atoms with Crippen molar-refractivity contribution in [2.24, 2.45) is 0 Å². The Hall–Kier alpha value is -1.74. The fraction of sp³-hybridized carbons (Fsp3) is 0.333. The van der Waals surface area contributed by atoms with Crippen molar-refractivity contribution in [3.05, 3.63) is 70.3 Å². The topological polar surface area (TPSA) is 12.0 Å². The smallest absolute Gasteiger partial charge is 0.128 e. The number of rotatable bonds is 4. The van der Waals surface area contributed by atoms with E-state index in [0.29, 0.717) is 11.1 Å². The van der Waals surface area contributed by atoms with Crippen molar-refractivity contribution in [2.75, 3.05) is 0 Å². The van der Waals surface area contributed by atoms with Crippen LogP contribution in [0.1, 0.15) is 48.2 Å². The largest absolute Gasteiger partial charge is 0.304 e. The quantitative estimate of drug-likeness (QED) is 0.835. The summed E-state index contributed by atoms with van der Waals surface area (Å²) < 4.78 is 27.6. The number of benzene rings is 2. The van der Waals surface area contributed by atoms with Gasteiger partial charge in [0.15, 0.2) is 0 Å². The molecule has 0 fully saturated rings. The van der Waals surface area contributed by atoms with E-state index in [4.69, 9.17) is 0 Å². The van der Waals surface area contributed by atoms with Crippen molar-refractivity contribution < 1.29 is 8.78 Å². The number of hydrogen-bond acceptors (Lipinski definition) is 1. The van der Waals surface area contributed by atoms with Crippen LogP contribution in [0.4, 0.5) is 8.78 Å². The third-order valence-corrected chi connectivity index (χ3v) is 3.82. The highest BCUT2D eigenvalue weighted by Gasteiger charge is 2.16. The van der Waals surface area contributed by atoms with Crippen LogP contribution in [0.15, 0.2) is 36.4 Å². The van der Waals surface area contributed by atoms with Gasteiger partial charge in [-0.2, -0.15) is 0 Å². The van der Waals surface area contributed by atoms with Gasteiger partial charge in [0.05, 0.1) is 0 Å². The SMILES string of the molecule is Cc1ccc([C@H](C)NC(C)c2cc(F)c(C)cc2F)cc1. The van der Waals surface area contributed by atoms with Crippen LogP contribution in [0.2, 0.25) is 0 Å². The summed E-state index contributed by atoms with van der Waals surface area (Å²) in [5.41, 5.74) is 3.01. The number of nitrogens with one attached hydrogen (secondary N) is 1. The highest BCUT2D eigenvalue weighted by atomic mass is 19.1. The molecule has 2 atom stereocenters. The lowest BCUT2D eigenvalue weighted by atomic mass is 10.0. The van der Waals surface area contributed by atoms with Crippen molar-refractivity contribution in [3.8, 4) is 0 Å². The van der Waals surface area contributed by atoms with Crippen LogP contribution in [-0.4, -0.2) is 0 Å². The summed E-state index contributed by atoms with van der Waals surface area (Å²) in [5.74, 6) is -0.743. The molecule has 0 amide bonds. The van der Waals surface area contributed by atoms with Crippen LogP contribution in [-0.2, 0) is 0 Å². The monoisotopic (exact) mass is 289 g/mol. The zero-order chi connectivity index (χ0) is 15.6. The zero-order valence-corrected chi connectivity index (χ0v) is 12.9. The molecule has 0 aliphatic carbocycles. The molecule has 0 saturated heterocycles. The van der Waals surface area contributed by atoms with Gasteiger partial charge in [0, 0.05) is 17.6 Å². The second kappa shape index (κ2) is 6.35. The summed E-state index contributed by atoms with van der Waals surface area (Å²) in [4.78, 5) is 0. The minimum absolute atomic E-state index is 0.0596. The van der Waals surface area contributed by atoms with Gasteiger partial charge in [-0.15, -0.1) is 0 Å². The molecule has 0 heterocycles. The Labute approximate surface area is 125 Å². The first-order valence-corrected chi connectivity index (χ1v) is 7.16. The molecule has 0 saturated carbocycles. The first-order chi connectivity index (χ1) is 9.88. The molecule has 0 aromatic heterocycles. The first kappa shape index (κ1) is 15.6. The maximum Gasteiger partial charge on any atom is 0.128 e. The molecular weight excluding hydrogens is 268 g/mol. The van der Waals surface area contributed by atoms with Crippen LogP contribution in [0, 0.1) is 25.5 Å². The fourth-order valence-corrected chi connectivity index (χ4v) is 2.41. The molecular formula is C18H21F2N. The van der Waals surface area contributed by atoms with E-state index in [-0.39, 0.29) is 23.7 Å². The summed E-state index contributed by atoms with van der Waals surface area (Å²) in [5, 5.41) is 3.31. The number of hydrogen-bond donors (Lipinski definition) is 1. The Morgan fingerprint density at radius 3 is 2.10 bits per heavy atom. The third kappa shape index (κ3) is 3.67. The minimum atomic E-state index is -0.372. The van der Waals surface area contributed by atoms with Crippen LogP contribution in [0.5, 0.6) is 0 Å². The molecule has 21 heavy (non-hydrogen) atoms. The van der Waals surface area contributed by atoms with E-state index in [1.807, 2.05) is 45.0 Å². The fourth-order valence-electron chi connectivity index (χ4n) is 2.41. The Morgan fingerprint density at radius 2 is 1.48 bits per heavy atom. The summed E-state index contributed by atoms with van der Waals surface area (Å²) in [6.07, 6.45) is 0. The average molecular weight is 289 g/mol. The summed E-state index contributed by atoms with van der Waals surface area (Å²) >= 11 is 0. The van der Waals surface area contributed by atoms with Crippen molar-refractivity contribution >= 4 is 0 Å². The molecule has 2 rings (SSSR count). The molecule has 2 aromatic carbocycles. The Kier molecular flexibility index (Phi) is 4.73. The van der Waals surface area contributed by atoms with Gasteiger partial charge >= 0.3 is 0 Å². The molecule has 0 bridgehead atoms. The maximum absolute atomic E-state index is 14.0. The van der Waals surface area contributed by atoms with Gasteiger partial charge in [-0.3, -0.25) is 0 Å². The minimum Gasteiger partial charge on any atom is -0.304 e. The maximum atomic E-state index is 14.0. The lowest BCUT2D eigenvalue weighted by Crippen LogP contribution is -2.23. The van der Waals surface area contributed by atoms with Gasteiger partial charge in [-0.05, 0) is 51.0 Å². The van der Waals surface area contributed by atoms with Crippen molar-refractivity contribution in [1.29, 1.82) is 0 Å². The second-order valence-electron chi connectivity index (χ2n) is 5.64. The van der Waals surface area contributed by atoms with Crippen LogP contribution >= 0.6 is 0 Å². The van der Waals surface area contributed by atoms with Crippen LogP contribution in [0.3, 0.4) is 0 Å². The van der Waals surface area contributed by atoms with E-state index in [9.17, 15) is 8.78 Å². The van der Waals surface area contributed by atoms with E-state index < -0.39 is 0 Å². The van der Waals surface area contributed by atoms with Gasteiger partial charge < -0.3 is 5.32 Å². The summed E-state index contributed by atoms with van der Waals surface area (Å²) in [7, 11) is 0. The molecule has 3 heteroatoms. The normalized spacial score (nSPS) is 14.0. The predicted octanol–water partition coefficient (Wildman–Crippen LogP) is 4.99. The Morgan fingerprint density at radius 1 is 0.857 bits per heavy atom. The van der Waals surface area contributed by atoms with E-state index in [1.165, 1.54) is 17.7 Å². The molecule has 2 aromatic rings. The molecule has 0 aliphatic heterocycles. The van der Waals surface area contributed by atoms with Gasteiger partial charge in [0.2, 0.25) is 0 Å². The molecule has 0 radical (unpaired) electrons. The van der Waals surface area contributed by atoms with Crippen molar-refractivity contribution in [3.63, 3.8) is 0 Å². The lowest BCUT2D eigenvalue weighted by molar-refractivity contribution is 0.469. The van der Waals surface area contributed by atoms with Gasteiger partial charge in [-0.1, -0.05) is 29.8 Å². The van der Waals surface area contributed by atoms with Gasteiger partial charge in [-0.25, -0.2) is 8.78 Å². The van der Waals surface area contributed by atoms with Crippen LogP contribution < -0.4 is 5.32 Å². The molecule has 1 unspecified atom stereocenters. The Balaban J connectivity index is 2.15. The van der Waals surface area contributed by atoms with E-state index >= 15 is 0 Å². The highest BCUT2D eigenvalue weighted by molar-refractivity contribution is 5.28. The molecule has 1 N–H and O–H groups in total. The average Bonchev–Trinajstić information content (AvgIpc) is 2.43. The van der Waals surface area contributed by atoms with Crippen molar-refractivity contribution in [2.45, 2.75) is 39.8 Å². The van der Waals surface area contributed by atoms with Crippen LogP contribution in [0.25, 0.3) is 0 Å². The van der Waals surface area contributed by atoms with E-state index in [0.717, 1.165) is 5.56 Å². The zero-order valence-electron chi connectivity index (χ0n) is 12.9. The molecule has 0 aliphatic rings.